The summed E-state index contributed by atoms with van der Waals surface area (Å²) in [4.78, 5) is 3.72. The number of halogens is 3. The smallest absolute Gasteiger partial charge is 0.205 e. The summed E-state index contributed by atoms with van der Waals surface area (Å²) in [5.74, 6) is 0. The van der Waals surface area contributed by atoms with E-state index in [2.05, 4.69) is 10.1 Å². The Morgan fingerprint density at radius 1 is 1.47 bits per heavy atom. The van der Waals surface area contributed by atoms with E-state index < -0.39 is 17.8 Å². The van der Waals surface area contributed by atoms with Crippen LogP contribution in [-0.2, 0) is 5.72 Å². The van der Waals surface area contributed by atoms with Crippen LogP contribution in [0.1, 0.15) is 20.8 Å². The molecule has 1 aromatic rings. The summed E-state index contributed by atoms with van der Waals surface area (Å²) in [7, 11) is 0. The van der Waals surface area contributed by atoms with Crippen LogP contribution in [0.4, 0.5) is 4.39 Å². The number of hydrogen-bond acceptors (Lipinski definition) is 3. The summed E-state index contributed by atoms with van der Waals surface area (Å²) in [6, 6.07) is 0. The Hall–Kier alpha value is -0.650. The third kappa shape index (κ3) is 2.32. The lowest BCUT2D eigenvalue weighted by Crippen LogP contribution is -2.49. The summed E-state index contributed by atoms with van der Waals surface area (Å²) >= 11 is 11.8. The van der Waals surface area contributed by atoms with Crippen LogP contribution in [0.3, 0.4) is 0 Å². The van der Waals surface area contributed by atoms with Gasteiger partial charge in [0.1, 0.15) is 12.7 Å². The molecule has 0 saturated carbocycles. The fourth-order valence-corrected chi connectivity index (χ4v) is 1.89. The predicted octanol–water partition coefficient (Wildman–Crippen LogP) is 2.63. The molecule has 0 aliphatic rings. The lowest BCUT2D eigenvalue weighted by atomic mass is 9.81. The fraction of sp³-hybridized carbons (Fsp3) is 0.600. The second-order valence-electron chi connectivity index (χ2n) is 4.38. The average molecular weight is 282 g/mol. The van der Waals surface area contributed by atoms with E-state index in [1.54, 1.807) is 0 Å². The van der Waals surface area contributed by atoms with Gasteiger partial charge in [-0.2, -0.15) is 5.10 Å². The number of allylic oxidation sites excluding steroid dienone is 1. The molecule has 4 nitrogen and oxygen atoms in total. The predicted molar refractivity (Wildman–Crippen MR) is 64.4 cm³/mol. The number of aromatic nitrogens is 3. The molecular weight excluding hydrogens is 268 g/mol. The van der Waals surface area contributed by atoms with Crippen molar-refractivity contribution in [3.05, 3.63) is 22.7 Å². The maximum absolute atomic E-state index is 13.1. The topological polar surface area (TPSA) is 50.9 Å². The molecule has 0 radical (unpaired) electrons. The highest BCUT2D eigenvalue weighted by molar-refractivity contribution is 6.39. The minimum Gasteiger partial charge on any atom is -0.364 e. The number of alkyl halides is 1. The highest BCUT2D eigenvalue weighted by Gasteiger charge is 2.49. The molecule has 1 N–H and O–H groups in total. The van der Waals surface area contributed by atoms with Gasteiger partial charge in [0.05, 0.1) is 11.7 Å². The average Bonchev–Trinajstić information content (AvgIpc) is 2.80. The molecule has 1 unspecified atom stereocenters. The summed E-state index contributed by atoms with van der Waals surface area (Å²) in [6.45, 7) is 3.76. The lowest BCUT2D eigenvalue weighted by molar-refractivity contribution is -0.115. The van der Waals surface area contributed by atoms with E-state index >= 15 is 0 Å². The lowest BCUT2D eigenvalue weighted by Gasteiger charge is -2.40. The zero-order chi connectivity index (χ0) is 13.3. The second kappa shape index (κ2) is 4.92. The monoisotopic (exact) mass is 281 g/mol. The van der Waals surface area contributed by atoms with Crippen molar-refractivity contribution in [2.75, 3.05) is 6.67 Å². The SMILES string of the molecule is CC(Cl)=C(Cl)C(O)(n1cncn1)C(C)(C)CF. The molecule has 1 aromatic heterocycles. The summed E-state index contributed by atoms with van der Waals surface area (Å²) in [6.07, 6.45) is 2.49. The van der Waals surface area contributed by atoms with Crippen molar-refractivity contribution < 1.29 is 9.50 Å². The molecule has 0 bridgehead atoms. The Morgan fingerprint density at radius 3 is 2.41 bits per heavy atom. The zero-order valence-electron chi connectivity index (χ0n) is 9.78. The van der Waals surface area contributed by atoms with Gasteiger partial charge >= 0.3 is 0 Å². The summed E-state index contributed by atoms with van der Waals surface area (Å²) in [5.41, 5.74) is -3.07. The zero-order valence-corrected chi connectivity index (χ0v) is 11.3. The van der Waals surface area contributed by atoms with Gasteiger partial charge in [0.15, 0.2) is 0 Å². The van der Waals surface area contributed by atoms with Crippen LogP contribution in [0.5, 0.6) is 0 Å². The standard InChI is InChI=1S/C10H14Cl2FN3O/c1-7(11)8(12)10(17,9(2,3)4-13)16-6-14-5-15-16/h5-6,17H,4H2,1-3H3. The minimum atomic E-state index is -1.87. The highest BCUT2D eigenvalue weighted by atomic mass is 35.5. The van der Waals surface area contributed by atoms with Gasteiger partial charge in [0.25, 0.3) is 0 Å². The number of rotatable bonds is 4. The highest BCUT2D eigenvalue weighted by Crippen LogP contribution is 2.44. The molecule has 0 fully saturated rings. The van der Waals surface area contributed by atoms with Crippen LogP contribution in [0.25, 0.3) is 0 Å². The fourth-order valence-electron chi connectivity index (χ4n) is 1.42. The summed E-state index contributed by atoms with van der Waals surface area (Å²) < 4.78 is 14.2. The molecule has 0 aliphatic carbocycles. The van der Waals surface area contributed by atoms with Crippen LogP contribution in [-0.4, -0.2) is 26.5 Å². The van der Waals surface area contributed by atoms with E-state index in [1.807, 2.05) is 0 Å². The van der Waals surface area contributed by atoms with Crippen molar-refractivity contribution >= 4 is 23.2 Å². The van der Waals surface area contributed by atoms with Crippen molar-refractivity contribution in [3.8, 4) is 0 Å². The molecule has 7 heteroatoms. The largest absolute Gasteiger partial charge is 0.364 e. The summed E-state index contributed by atoms with van der Waals surface area (Å²) in [5, 5.41) is 14.6. The number of hydrogen-bond donors (Lipinski definition) is 1. The number of nitrogens with zero attached hydrogens (tertiary/aromatic N) is 3. The normalized spacial score (nSPS) is 17.6. The first-order valence-electron chi connectivity index (χ1n) is 4.93. The van der Waals surface area contributed by atoms with Gasteiger partial charge in [0, 0.05) is 10.4 Å². The molecule has 0 aromatic carbocycles. The van der Waals surface area contributed by atoms with Crippen LogP contribution >= 0.6 is 23.2 Å². The van der Waals surface area contributed by atoms with Crippen LogP contribution in [0.15, 0.2) is 22.7 Å². The van der Waals surface area contributed by atoms with E-state index in [4.69, 9.17) is 23.2 Å². The molecule has 0 amide bonds. The molecule has 17 heavy (non-hydrogen) atoms. The van der Waals surface area contributed by atoms with E-state index in [0.717, 1.165) is 4.68 Å². The maximum Gasteiger partial charge on any atom is 0.205 e. The molecule has 1 heterocycles. The van der Waals surface area contributed by atoms with Gasteiger partial charge in [-0.1, -0.05) is 37.0 Å². The molecule has 0 saturated heterocycles. The second-order valence-corrected chi connectivity index (χ2v) is 5.32. The van der Waals surface area contributed by atoms with Crippen molar-refractivity contribution in [1.29, 1.82) is 0 Å². The van der Waals surface area contributed by atoms with Gasteiger partial charge in [-0.25, -0.2) is 9.67 Å². The van der Waals surface area contributed by atoms with Gasteiger partial charge in [-0.15, -0.1) is 0 Å². The molecule has 96 valence electrons. The van der Waals surface area contributed by atoms with E-state index in [0.29, 0.717) is 0 Å². The van der Waals surface area contributed by atoms with E-state index in [9.17, 15) is 9.50 Å². The van der Waals surface area contributed by atoms with Gasteiger partial charge in [-0.05, 0) is 6.92 Å². The van der Waals surface area contributed by atoms with Crippen molar-refractivity contribution in [2.24, 2.45) is 5.41 Å². The van der Waals surface area contributed by atoms with Crippen molar-refractivity contribution in [3.63, 3.8) is 0 Å². The number of aliphatic hydroxyl groups is 1. The van der Waals surface area contributed by atoms with Crippen molar-refractivity contribution in [2.45, 2.75) is 26.5 Å². The van der Waals surface area contributed by atoms with Gasteiger partial charge in [-0.3, -0.25) is 4.39 Å². The van der Waals surface area contributed by atoms with Crippen LogP contribution < -0.4 is 0 Å². The van der Waals surface area contributed by atoms with Gasteiger partial charge in [0.2, 0.25) is 5.72 Å². The van der Waals surface area contributed by atoms with Crippen molar-refractivity contribution in [1.82, 2.24) is 14.8 Å². The first-order chi connectivity index (χ1) is 7.77. The third-order valence-electron chi connectivity index (χ3n) is 2.64. The third-order valence-corrected chi connectivity index (χ3v) is 3.47. The van der Waals surface area contributed by atoms with Gasteiger partial charge < -0.3 is 5.11 Å². The Labute approximate surface area is 109 Å². The Kier molecular flexibility index (Phi) is 4.17. The Balaban J connectivity index is 3.45. The molecule has 0 aliphatic heterocycles. The Bertz CT molecular complexity index is 415. The quantitative estimate of drug-likeness (QED) is 0.923. The minimum absolute atomic E-state index is 0.0766. The first kappa shape index (κ1) is 14.4. The molecule has 1 atom stereocenters. The maximum atomic E-state index is 13.1. The van der Waals surface area contributed by atoms with Crippen LogP contribution in [0.2, 0.25) is 0 Å². The molecular formula is C10H14Cl2FN3O. The van der Waals surface area contributed by atoms with E-state index in [-0.39, 0.29) is 10.1 Å². The Morgan fingerprint density at radius 2 is 2.06 bits per heavy atom. The van der Waals surface area contributed by atoms with E-state index in [1.165, 1.54) is 33.4 Å². The molecule has 1 rings (SSSR count). The van der Waals surface area contributed by atoms with Crippen LogP contribution in [0, 0.1) is 5.41 Å². The molecule has 0 spiro atoms. The first-order valence-corrected chi connectivity index (χ1v) is 5.68.